The topological polar surface area (TPSA) is 81.3 Å². The van der Waals surface area contributed by atoms with Gasteiger partial charge in [-0.05, 0) is 56.0 Å². The molecule has 0 saturated heterocycles. The van der Waals surface area contributed by atoms with Gasteiger partial charge in [-0.2, -0.15) is 5.10 Å². The van der Waals surface area contributed by atoms with E-state index in [2.05, 4.69) is 31.3 Å². The second-order valence-electron chi connectivity index (χ2n) is 9.93. The maximum atomic E-state index is 13.8. The van der Waals surface area contributed by atoms with E-state index in [1.54, 1.807) is 4.40 Å². The average molecular weight is 526 g/mol. The van der Waals surface area contributed by atoms with Gasteiger partial charge in [-0.15, -0.1) is 11.3 Å². The third-order valence-electron chi connectivity index (χ3n) is 6.79. The largest absolute Gasteiger partial charge is 0.349 e. The van der Waals surface area contributed by atoms with Crippen LogP contribution in [0.3, 0.4) is 0 Å². The second-order valence-corrected chi connectivity index (χ2v) is 10.8. The zero-order valence-electron chi connectivity index (χ0n) is 22.2. The number of nitrogens with zero attached hydrogens (tertiary/aromatic N) is 4. The van der Waals surface area contributed by atoms with Crippen molar-refractivity contribution in [2.45, 2.75) is 53.0 Å². The Morgan fingerprint density at radius 3 is 2.39 bits per heavy atom. The van der Waals surface area contributed by atoms with Crippen LogP contribution in [-0.4, -0.2) is 25.1 Å². The monoisotopic (exact) mass is 525 g/mol. The van der Waals surface area contributed by atoms with Gasteiger partial charge in [-0.25, -0.2) is 9.67 Å². The Labute approximate surface area is 225 Å². The van der Waals surface area contributed by atoms with Crippen molar-refractivity contribution in [1.29, 1.82) is 0 Å². The molecule has 2 aromatic carbocycles. The molecule has 194 valence electrons. The predicted molar refractivity (Wildman–Crippen MR) is 152 cm³/mol. The van der Waals surface area contributed by atoms with Crippen LogP contribution in [0.25, 0.3) is 21.9 Å². The molecule has 0 aliphatic carbocycles. The van der Waals surface area contributed by atoms with Crippen LogP contribution in [0.4, 0.5) is 0 Å². The van der Waals surface area contributed by atoms with E-state index < -0.39 is 0 Å². The molecule has 0 saturated carbocycles. The minimum absolute atomic E-state index is 0.0803. The van der Waals surface area contributed by atoms with Gasteiger partial charge < -0.3 is 5.32 Å². The fourth-order valence-corrected chi connectivity index (χ4v) is 5.59. The number of fused-ring (bicyclic) bond motifs is 1. The van der Waals surface area contributed by atoms with Crippen molar-refractivity contribution in [3.8, 4) is 16.9 Å². The van der Waals surface area contributed by atoms with Crippen LogP contribution < -0.4 is 10.9 Å². The first-order chi connectivity index (χ1) is 18.2. The number of hydrogen-bond donors (Lipinski definition) is 1. The van der Waals surface area contributed by atoms with Crippen molar-refractivity contribution < 1.29 is 4.79 Å². The highest BCUT2D eigenvalue weighted by molar-refractivity contribution is 7.15. The maximum absolute atomic E-state index is 13.8. The van der Waals surface area contributed by atoms with E-state index in [0.29, 0.717) is 33.5 Å². The number of carbonyl (C=O) groups excluding carboxylic acids is 1. The number of aromatic nitrogens is 4. The number of rotatable bonds is 7. The molecule has 1 atom stereocenters. The summed E-state index contributed by atoms with van der Waals surface area (Å²) in [6.07, 6.45) is 0.0803. The highest BCUT2D eigenvalue weighted by Gasteiger charge is 2.20. The molecule has 5 aromatic rings. The normalized spacial score (nSPS) is 12.3. The molecule has 0 fully saturated rings. The SMILES string of the molecule is Cc1nc2scc(CC(=O)NC(C)c3ccccc3)n2c(=O)c1-c1cc(C)n(-c2ccc(C(C)C)cc2)n1. The third-order valence-corrected chi connectivity index (χ3v) is 7.66. The highest BCUT2D eigenvalue weighted by atomic mass is 32.1. The lowest BCUT2D eigenvalue weighted by atomic mass is 10.0. The predicted octanol–water partition coefficient (Wildman–Crippen LogP) is 5.77. The summed E-state index contributed by atoms with van der Waals surface area (Å²) in [6, 6.07) is 19.9. The van der Waals surface area contributed by atoms with E-state index in [-0.39, 0.29) is 23.9 Å². The molecule has 0 spiro atoms. The fourth-order valence-electron chi connectivity index (χ4n) is 4.66. The Bertz CT molecular complexity index is 1660. The van der Waals surface area contributed by atoms with Gasteiger partial charge in [-0.1, -0.05) is 56.3 Å². The summed E-state index contributed by atoms with van der Waals surface area (Å²) in [7, 11) is 0. The summed E-state index contributed by atoms with van der Waals surface area (Å²) in [5.41, 5.74) is 6.17. The quantitative estimate of drug-likeness (QED) is 0.293. The summed E-state index contributed by atoms with van der Waals surface area (Å²) >= 11 is 1.36. The van der Waals surface area contributed by atoms with Crippen LogP contribution in [0.2, 0.25) is 0 Å². The molecule has 0 bridgehead atoms. The highest BCUT2D eigenvalue weighted by Crippen LogP contribution is 2.24. The molecule has 0 radical (unpaired) electrons. The first kappa shape index (κ1) is 25.6. The van der Waals surface area contributed by atoms with Crippen molar-refractivity contribution in [2.75, 3.05) is 0 Å². The van der Waals surface area contributed by atoms with E-state index in [0.717, 1.165) is 16.9 Å². The molecule has 38 heavy (non-hydrogen) atoms. The van der Waals surface area contributed by atoms with E-state index in [1.165, 1.54) is 16.9 Å². The molecule has 5 rings (SSSR count). The summed E-state index contributed by atoms with van der Waals surface area (Å²) < 4.78 is 3.39. The molecule has 3 aromatic heterocycles. The van der Waals surface area contributed by atoms with Crippen LogP contribution in [0.5, 0.6) is 0 Å². The lowest BCUT2D eigenvalue weighted by Crippen LogP contribution is -2.29. The molecular weight excluding hydrogens is 494 g/mol. The van der Waals surface area contributed by atoms with Crippen LogP contribution in [0.1, 0.15) is 60.9 Å². The van der Waals surface area contributed by atoms with Gasteiger partial charge in [0, 0.05) is 16.8 Å². The lowest BCUT2D eigenvalue weighted by Gasteiger charge is -2.14. The van der Waals surface area contributed by atoms with Crippen LogP contribution >= 0.6 is 11.3 Å². The number of carbonyl (C=O) groups is 1. The van der Waals surface area contributed by atoms with Gasteiger partial charge in [0.05, 0.1) is 29.4 Å². The second kappa shape index (κ2) is 10.4. The molecule has 1 N–H and O–H groups in total. The first-order valence-electron chi connectivity index (χ1n) is 12.7. The molecule has 8 heteroatoms. The minimum Gasteiger partial charge on any atom is -0.349 e. The molecule has 1 amide bonds. The Hall–Kier alpha value is -4.04. The standard InChI is InChI=1S/C30H31N5O2S/c1-18(2)22-11-13-24(14-12-22)35-19(3)15-26(33-35)28-21(5)32-30-34(29(28)37)25(17-38-30)16-27(36)31-20(4)23-9-7-6-8-10-23/h6-15,17-18,20H,16H2,1-5H3,(H,31,36). The van der Waals surface area contributed by atoms with Crippen molar-refractivity contribution in [3.63, 3.8) is 0 Å². The minimum atomic E-state index is -0.215. The number of aryl methyl sites for hydroxylation is 2. The number of hydrogen-bond acceptors (Lipinski definition) is 5. The Morgan fingerprint density at radius 2 is 1.71 bits per heavy atom. The smallest absolute Gasteiger partial charge is 0.268 e. The zero-order chi connectivity index (χ0) is 27.0. The van der Waals surface area contributed by atoms with Crippen LogP contribution in [-0.2, 0) is 11.2 Å². The van der Waals surface area contributed by atoms with Crippen molar-refractivity contribution in [3.05, 3.63) is 105 Å². The van der Waals surface area contributed by atoms with Gasteiger partial charge in [0.2, 0.25) is 5.91 Å². The first-order valence-corrected chi connectivity index (χ1v) is 13.6. The van der Waals surface area contributed by atoms with Gasteiger partial charge in [0.25, 0.3) is 5.56 Å². The Balaban J connectivity index is 1.46. The van der Waals surface area contributed by atoms with Crippen molar-refractivity contribution >= 4 is 22.2 Å². The van der Waals surface area contributed by atoms with Crippen LogP contribution in [0, 0.1) is 13.8 Å². The number of amides is 1. The third kappa shape index (κ3) is 4.91. The van der Waals surface area contributed by atoms with E-state index >= 15 is 0 Å². The van der Waals surface area contributed by atoms with Crippen molar-refractivity contribution in [2.24, 2.45) is 0 Å². The zero-order valence-corrected chi connectivity index (χ0v) is 23.0. The summed E-state index contributed by atoms with van der Waals surface area (Å²) in [6.45, 7) is 10.1. The number of benzene rings is 2. The Morgan fingerprint density at radius 1 is 1.00 bits per heavy atom. The molecule has 3 heterocycles. The molecule has 1 unspecified atom stereocenters. The lowest BCUT2D eigenvalue weighted by molar-refractivity contribution is -0.121. The van der Waals surface area contributed by atoms with Gasteiger partial charge >= 0.3 is 0 Å². The summed E-state index contributed by atoms with van der Waals surface area (Å²) in [5, 5.41) is 9.65. The van der Waals surface area contributed by atoms with E-state index in [4.69, 9.17) is 10.1 Å². The fraction of sp³-hybridized carbons (Fsp3) is 0.267. The summed E-state index contributed by atoms with van der Waals surface area (Å²) in [5.74, 6) is 0.294. The average Bonchev–Trinajstić information content (AvgIpc) is 3.47. The summed E-state index contributed by atoms with van der Waals surface area (Å²) in [4.78, 5) is 31.9. The van der Waals surface area contributed by atoms with E-state index in [1.807, 2.05) is 79.4 Å². The number of nitrogens with one attached hydrogen (secondary N) is 1. The van der Waals surface area contributed by atoms with Crippen LogP contribution in [0.15, 0.2) is 70.8 Å². The molecular formula is C30H31N5O2S. The maximum Gasteiger partial charge on any atom is 0.268 e. The Kier molecular flexibility index (Phi) is 6.99. The van der Waals surface area contributed by atoms with Gasteiger partial charge in [0.1, 0.15) is 5.69 Å². The van der Waals surface area contributed by atoms with Gasteiger partial charge in [0.15, 0.2) is 4.96 Å². The molecule has 7 nitrogen and oxygen atoms in total. The molecule has 0 aliphatic heterocycles. The van der Waals surface area contributed by atoms with Crippen molar-refractivity contribution in [1.82, 2.24) is 24.5 Å². The molecule has 0 aliphatic rings. The van der Waals surface area contributed by atoms with Gasteiger partial charge in [-0.3, -0.25) is 14.0 Å². The van der Waals surface area contributed by atoms with E-state index in [9.17, 15) is 9.59 Å². The number of thiazole rings is 1.